The predicted octanol–water partition coefficient (Wildman–Crippen LogP) is 3.10. The van der Waals surface area contributed by atoms with Crippen molar-refractivity contribution in [1.29, 1.82) is 0 Å². The number of nitrogens with one attached hydrogen (secondary N) is 4. The summed E-state index contributed by atoms with van der Waals surface area (Å²) < 4.78 is 0. The van der Waals surface area contributed by atoms with Gasteiger partial charge in [0.25, 0.3) is 0 Å². The number of para-hydroxylation sites is 1. The van der Waals surface area contributed by atoms with E-state index < -0.39 is 0 Å². The van der Waals surface area contributed by atoms with Gasteiger partial charge >= 0.3 is 0 Å². The second-order valence-electron chi connectivity index (χ2n) is 5.68. The smallest absolute Gasteiger partial charge is 0.227 e. The van der Waals surface area contributed by atoms with Gasteiger partial charge in [-0.25, -0.2) is 4.98 Å². The standard InChI is InChI=1S/C16H19N7.2ClH/c1-2-5-11(6-3-1)20-15-13-14(19-10-18-13)22-16(23-15)21-12-7-4-8-17-9-12;;/h1-3,5-6,10,12,17H,4,7-9H2,(H3,18,19,20,21,22,23);2*1H/t12-;;/m1../s1. The minimum absolute atomic E-state index is 0. The minimum atomic E-state index is 0. The highest BCUT2D eigenvalue weighted by molar-refractivity contribution is 5.86. The molecular formula is C16H21Cl2N7. The van der Waals surface area contributed by atoms with Crippen LogP contribution in [-0.2, 0) is 0 Å². The Kier molecular flexibility index (Phi) is 6.81. The van der Waals surface area contributed by atoms with E-state index in [4.69, 9.17) is 0 Å². The van der Waals surface area contributed by atoms with Crippen molar-refractivity contribution >= 4 is 53.4 Å². The minimum Gasteiger partial charge on any atom is -0.350 e. The first-order valence-corrected chi connectivity index (χ1v) is 7.89. The Morgan fingerprint density at radius 2 is 1.92 bits per heavy atom. The first-order valence-electron chi connectivity index (χ1n) is 7.89. The third kappa shape index (κ3) is 4.50. The van der Waals surface area contributed by atoms with Gasteiger partial charge in [-0.15, -0.1) is 24.8 Å². The maximum absolute atomic E-state index is 4.63. The number of anilines is 3. The van der Waals surface area contributed by atoms with E-state index in [0.29, 0.717) is 17.6 Å². The molecule has 0 radical (unpaired) electrons. The molecule has 1 aliphatic rings. The van der Waals surface area contributed by atoms with Gasteiger partial charge in [-0.3, -0.25) is 0 Å². The molecule has 3 heterocycles. The lowest BCUT2D eigenvalue weighted by atomic mass is 10.1. The van der Waals surface area contributed by atoms with Gasteiger partial charge in [0.2, 0.25) is 5.95 Å². The molecule has 1 fully saturated rings. The van der Waals surface area contributed by atoms with Crippen molar-refractivity contribution in [2.75, 3.05) is 23.7 Å². The summed E-state index contributed by atoms with van der Waals surface area (Å²) in [4.78, 5) is 16.5. The van der Waals surface area contributed by atoms with Crippen LogP contribution in [0, 0.1) is 0 Å². The van der Waals surface area contributed by atoms with E-state index in [1.165, 1.54) is 0 Å². The Labute approximate surface area is 158 Å². The molecule has 3 aromatic rings. The van der Waals surface area contributed by atoms with Crippen LogP contribution in [0.3, 0.4) is 0 Å². The van der Waals surface area contributed by atoms with Crippen molar-refractivity contribution < 1.29 is 0 Å². The van der Waals surface area contributed by atoms with Gasteiger partial charge < -0.3 is 20.9 Å². The zero-order chi connectivity index (χ0) is 15.5. The van der Waals surface area contributed by atoms with Gasteiger partial charge in [0, 0.05) is 18.3 Å². The second kappa shape index (κ2) is 8.84. The summed E-state index contributed by atoms with van der Waals surface area (Å²) in [5.74, 6) is 1.33. The number of imidazole rings is 1. The average Bonchev–Trinajstić information content (AvgIpc) is 3.05. The first-order chi connectivity index (χ1) is 11.4. The second-order valence-corrected chi connectivity index (χ2v) is 5.68. The highest BCUT2D eigenvalue weighted by Gasteiger charge is 2.16. The lowest BCUT2D eigenvalue weighted by Gasteiger charge is -2.23. The van der Waals surface area contributed by atoms with Gasteiger partial charge in [-0.05, 0) is 31.5 Å². The van der Waals surface area contributed by atoms with Crippen molar-refractivity contribution in [3.8, 4) is 0 Å². The molecule has 0 aliphatic carbocycles. The summed E-state index contributed by atoms with van der Waals surface area (Å²) in [6.07, 6.45) is 3.93. The average molecular weight is 382 g/mol. The van der Waals surface area contributed by atoms with Crippen LogP contribution in [0.1, 0.15) is 12.8 Å². The quantitative estimate of drug-likeness (QED) is 0.555. The van der Waals surface area contributed by atoms with Gasteiger partial charge in [0.1, 0.15) is 5.52 Å². The molecule has 134 valence electrons. The largest absolute Gasteiger partial charge is 0.350 e. The number of nitrogens with zero attached hydrogens (tertiary/aromatic N) is 3. The number of benzene rings is 1. The van der Waals surface area contributed by atoms with Crippen LogP contribution in [0.2, 0.25) is 0 Å². The van der Waals surface area contributed by atoms with Crippen LogP contribution in [0.15, 0.2) is 36.7 Å². The van der Waals surface area contributed by atoms with Crippen LogP contribution in [0.4, 0.5) is 17.5 Å². The molecule has 25 heavy (non-hydrogen) atoms. The summed E-state index contributed by atoms with van der Waals surface area (Å²) >= 11 is 0. The Balaban J connectivity index is 0.00000113. The number of fused-ring (bicyclic) bond motifs is 1. The fourth-order valence-electron chi connectivity index (χ4n) is 2.80. The summed E-state index contributed by atoms with van der Waals surface area (Å²) in [6.45, 7) is 2.02. The Hall–Kier alpha value is -2.09. The van der Waals surface area contributed by atoms with Gasteiger partial charge in [0.15, 0.2) is 11.5 Å². The number of rotatable bonds is 4. The van der Waals surface area contributed by atoms with Crippen LogP contribution in [-0.4, -0.2) is 39.1 Å². The number of aromatic amines is 1. The van der Waals surface area contributed by atoms with Crippen LogP contribution in [0.5, 0.6) is 0 Å². The summed E-state index contributed by atoms with van der Waals surface area (Å²) in [5, 5.41) is 10.1. The molecule has 1 aromatic carbocycles. The van der Waals surface area contributed by atoms with Gasteiger partial charge in [-0.2, -0.15) is 9.97 Å². The summed E-state index contributed by atoms with van der Waals surface area (Å²) in [5.41, 5.74) is 2.44. The Bertz CT molecular complexity index is 788. The molecule has 9 heteroatoms. The lowest BCUT2D eigenvalue weighted by Crippen LogP contribution is -2.38. The van der Waals surface area contributed by atoms with Gasteiger partial charge in [-0.1, -0.05) is 18.2 Å². The number of aromatic nitrogens is 4. The number of piperidine rings is 1. The molecule has 0 spiro atoms. The number of H-pyrrole nitrogens is 1. The first kappa shape index (κ1) is 19.2. The molecule has 2 aromatic heterocycles. The molecule has 1 atom stereocenters. The van der Waals surface area contributed by atoms with Crippen LogP contribution < -0.4 is 16.0 Å². The molecular weight excluding hydrogens is 361 g/mol. The van der Waals surface area contributed by atoms with Crippen LogP contribution in [0.25, 0.3) is 11.2 Å². The van der Waals surface area contributed by atoms with E-state index in [9.17, 15) is 0 Å². The normalized spacial score (nSPS) is 16.6. The maximum atomic E-state index is 4.63. The molecule has 4 N–H and O–H groups in total. The van der Waals surface area contributed by atoms with Crippen molar-refractivity contribution in [2.45, 2.75) is 18.9 Å². The molecule has 0 unspecified atom stereocenters. The van der Waals surface area contributed by atoms with E-state index in [0.717, 1.165) is 43.0 Å². The molecule has 1 saturated heterocycles. The predicted molar refractivity (Wildman–Crippen MR) is 105 cm³/mol. The summed E-state index contributed by atoms with van der Waals surface area (Å²) in [6, 6.07) is 10.3. The zero-order valence-electron chi connectivity index (χ0n) is 13.5. The SMILES string of the molecule is Cl.Cl.c1ccc(Nc2nc(N[C@@H]3CCCNC3)nc3nc[nH]c23)cc1. The van der Waals surface area contributed by atoms with Crippen molar-refractivity contribution in [2.24, 2.45) is 0 Å². The Morgan fingerprint density at radius 3 is 2.68 bits per heavy atom. The Morgan fingerprint density at radius 1 is 1.08 bits per heavy atom. The molecule has 7 nitrogen and oxygen atoms in total. The summed E-state index contributed by atoms with van der Waals surface area (Å²) in [7, 11) is 0. The number of hydrogen-bond acceptors (Lipinski definition) is 6. The number of halogens is 2. The monoisotopic (exact) mass is 381 g/mol. The van der Waals surface area contributed by atoms with Gasteiger partial charge in [0.05, 0.1) is 6.33 Å². The van der Waals surface area contributed by atoms with E-state index >= 15 is 0 Å². The topological polar surface area (TPSA) is 90.6 Å². The lowest BCUT2D eigenvalue weighted by molar-refractivity contribution is 0.478. The fourth-order valence-corrected chi connectivity index (χ4v) is 2.80. The highest BCUT2D eigenvalue weighted by Crippen LogP contribution is 2.23. The third-order valence-corrected chi connectivity index (χ3v) is 3.95. The van der Waals surface area contributed by atoms with Crippen LogP contribution >= 0.6 is 24.8 Å². The van der Waals surface area contributed by atoms with E-state index in [-0.39, 0.29) is 24.8 Å². The van der Waals surface area contributed by atoms with Crippen molar-refractivity contribution in [3.05, 3.63) is 36.7 Å². The number of hydrogen-bond donors (Lipinski definition) is 4. The molecule has 0 bridgehead atoms. The molecule has 0 amide bonds. The molecule has 0 saturated carbocycles. The van der Waals surface area contributed by atoms with Crippen molar-refractivity contribution in [1.82, 2.24) is 25.3 Å². The molecule has 4 rings (SSSR count). The third-order valence-electron chi connectivity index (χ3n) is 3.95. The van der Waals surface area contributed by atoms with E-state index in [2.05, 4.69) is 35.9 Å². The zero-order valence-corrected chi connectivity index (χ0v) is 15.2. The molecule has 1 aliphatic heterocycles. The van der Waals surface area contributed by atoms with E-state index in [1.54, 1.807) is 6.33 Å². The van der Waals surface area contributed by atoms with E-state index in [1.807, 2.05) is 30.3 Å². The maximum Gasteiger partial charge on any atom is 0.227 e. The van der Waals surface area contributed by atoms with Crippen molar-refractivity contribution in [3.63, 3.8) is 0 Å². The fraction of sp³-hybridized carbons (Fsp3) is 0.312. The highest BCUT2D eigenvalue weighted by atomic mass is 35.5.